The standard InChI is InChI=1S/C18H28N2/c1-14-8-9-16(15(2)13-14)18(17-7-6-10-19-17)20-11-4-3-5-12-20/h8-9,13,17-19H,3-7,10-12H2,1-2H3. The van der Waals surface area contributed by atoms with Crippen LogP contribution in [0.2, 0.25) is 0 Å². The lowest BCUT2D eigenvalue weighted by Crippen LogP contribution is -2.43. The fraction of sp³-hybridized carbons (Fsp3) is 0.667. The lowest BCUT2D eigenvalue weighted by atomic mass is 9.90. The molecule has 0 bridgehead atoms. The Kier molecular flexibility index (Phi) is 4.42. The van der Waals surface area contributed by atoms with Crippen LogP contribution in [0.25, 0.3) is 0 Å². The third-order valence-corrected chi connectivity index (χ3v) is 5.01. The van der Waals surface area contributed by atoms with Gasteiger partial charge in [-0.25, -0.2) is 0 Å². The van der Waals surface area contributed by atoms with E-state index in [0.717, 1.165) is 0 Å². The van der Waals surface area contributed by atoms with Crippen molar-refractivity contribution < 1.29 is 0 Å². The van der Waals surface area contributed by atoms with Crippen LogP contribution in [0, 0.1) is 13.8 Å². The van der Waals surface area contributed by atoms with E-state index in [0.29, 0.717) is 12.1 Å². The number of nitrogens with zero attached hydrogens (tertiary/aromatic N) is 1. The van der Waals surface area contributed by atoms with Crippen molar-refractivity contribution in [1.29, 1.82) is 0 Å². The largest absolute Gasteiger partial charge is 0.312 e. The van der Waals surface area contributed by atoms with Crippen LogP contribution in [0.1, 0.15) is 54.8 Å². The van der Waals surface area contributed by atoms with Gasteiger partial charge >= 0.3 is 0 Å². The lowest BCUT2D eigenvalue weighted by molar-refractivity contribution is 0.135. The third kappa shape index (κ3) is 2.91. The smallest absolute Gasteiger partial charge is 0.0503 e. The molecule has 2 aliphatic rings. The number of aryl methyl sites for hydroxylation is 2. The molecule has 20 heavy (non-hydrogen) atoms. The molecule has 0 spiro atoms. The van der Waals surface area contributed by atoms with E-state index in [1.807, 2.05) is 0 Å². The molecule has 2 fully saturated rings. The molecule has 3 rings (SSSR count). The molecule has 0 saturated carbocycles. The Morgan fingerprint density at radius 1 is 1.10 bits per heavy atom. The molecule has 1 N–H and O–H groups in total. The number of piperidine rings is 1. The number of hydrogen-bond donors (Lipinski definition) is 1. The van der Waals surface area contributed by atoms with Crippen LogP contribution in [0.5, 0.6) is 0 Å². The molecule has 1 aromatic carbocycles. The zero-order valence-corrected chi connectivity index (χ0v) is 13.0. The van der Waals surface area contributed by atoms with Gasteiger partial charge in [-0.3, -0.25) is 4.90 Å². The van der Waals surface area contributed by atoms with E-state index in [2.05, 4.69) is 42.3 Å². The molecule has 2 heterocycles. The summed E-state index contributed by atoms with van der Waals surface area (Å²) in [6, 6.07) is 8.24. The molecular weight excluding hydrogens is 244 g/mol. The highest BCUT2D eigenvalue weighted by atomic mass is 15.2. The zero-order chi connectivity index (χ0) is 13.9. The average molecular weight is 272 g/mol. The van der Waals surface area contributed by atoms with E-state index in [1.165, 1.54) is 62.9 Å². The van der Waals surface area contributed by atoms with Crippen molar-refractivity contribution in [2.24, 2.45) is 0 Å². The van der Waals surface area contributed by atoms with Crippen LogP contribution < -0.4 is 5.32 Å². The van der Waals surface area contributed by atoms with E-state index < -0.39 is 0 Å². The Hall–Kier alpha value is -0.860. The van der Waals surface area contributed by atoms with Gasteiger partial charge in [-0.2, -0.15) is 0 Å². The second-order valence-corrected chi connectivity index (χ2v) is 6.60. The van der Waals surface area contributed by atoms with Crippen LogP contribution in [-0.4, -0.2) is 30.6 Å². The SMILES string of the molecule is Cc1ccc(C(C2CCCN2)N2CCCCC2)c(C)c1. The molecule has 2 heteroatoms. The van der Waals surface area contributed by atoms with Gasteiger partial charge in [0.25, 0.3) is 0 Å². The first kappa shape index (κ1) is 14.1. The van der Waals surface area contributed by atoms with Gasteiger partial charge in [0, 0.05) is 6.04 Å². The Bertz CT molecular complexity index is 443. The first-order valence-corrected chi connectivity index (χ1v) is 8.30. The highest BCUT2D eigenvalue weighted by Gasteiger charge is 2.32. The maximum atomic E-state index is 3.75. The first-order valence-electron chi connectivity index (χ1n) is 8.30. The first-order chi connectivity index (χ1) is 9.75. The van der Waals surface area contributed by atoms with Crippen molar-refractivity contribution >= 4 is 0 Å². The number of likely N-dealkylation sites (tertiary alicyclic amines) is 1. The predicted molar refractivity (Wildman–Crippen MR) is 85.1 cm³/mol. The molecule has 110 valence electrons. The Balaban J connectivity index is 1.90. The Morgan fingerprint density at radius 2 is 1.90 bits per heavy atom. The van der Waals surface area contributed by atoms with E-state index in [9.17, 15) is 0 Å². The number of nitrogens with one attached hydrogen (secondary N) is 1. The highest BCUT2D eigenvalue weighted by molar-refractivity contribution is 5.34. The maximum absolute atomic E-state index is 3.75. The fourth-order valence-corrected chi connectivity index (χ4v) is 4.00. The summed E-state index contributed by atoms with van der Waals surface area (Å²) in [4.78, 5) is 2.74. The van der Waals surface area contributed by atoms with E-state index >= 15 is 0 Å². The average Bonchev–Trinajstić information content (AvgIpc) is 2.97. The van der Waals surface area contributed by atoms with Crippen molar-refractivity contribution in [3.8, 4) is 0 Å². The van der Waals surface area contributed by atoms with Crippen molar-refractivity contribution in [2.75, 3.05) is 19.6 Å². The van der Waals surface area contributed by atoms with Crippen LogP contribution in [0.15, 0.2) is 18.2 Å². The molecule has 0 aliphatic carbocycles. The topological polar surface area (TPSA) is 15.3 Å². The van der Waals surface area contributed by atoms with Crippen molar-refractivity contribution in [3.63, 3.8) is 0 Å². The number of rotatable bonds is 3. The van der Waals surface area contributed by atoms with Gasteiger partial charge in [-0.1, -0.05) is 30.2 Å². The molecule has 2 saturated heterocycles. The molecule has 0 amide bonds. The molecule has 2 unspecified atom stereocenters. The van der Waals surface area contributed by atoms with Crippen LogP contribution in [0.4, 0.5) is 0 Å². The Morgan fingerprint density at radius 3 is 2.55 bits per heavy atom. The molecule has 0 aromatic heterocycles. The van der Waals surface area contributed by atoms with Gasteiger partial charge in [0.1, 0.15) is 0 Å². The maximum Gasteiger partial charge on any atom is 0.0503 e. The zero-order valence-electron chi connectivity index (χ0n) is 13.0. The monoisotopic (exact) mass is 272 g/mol. The predicted octanol–water partition coefficient (Wildman–Crippen LogP) is 3.58. The normalized spacial score (nSPS) is 25.8. The van der Waals surface area contributed by atoms with Gasteiger partial charge in [0.2, 0.25) is 0 Å². The summed E-state index contributed by atoms with van der Waals surface area (Å²) in [7, 11) is 0. The minimum Gasteiger partial charge on any atom is -0.312 e. The van der Waals surface area contributed by atoms with Gasteiger partial charge in [0.15, 0.2) is 0 Å². The van der Waals surface area contributed by atoms with Gasteiger partial charge in [-0.05, 0) is 70.3 Å². The van der Waals surface area contributed by atoms with Crippen molar-refractivity contribution in [3.05, 3.63) is 34.9 Å². The quantitative estimate of drug-likeness (QED) is 0.904. The van der Waals surface area contributed by atoms with E-state index in [1.54, 1.807) is 5.56 Å². The summed E-state index contributed by atoms with van der Waals surface area (Å²) in [6.45, 7) is 8.22. The van der Waals surface area contributed by atoms with Crippen LogP contribution >= 0.6 is 0 Å². The van der Waals surface area contributed by atoms with Crippen molar-refractivity contribution in [2.45, 2.75) is 58.0 Å². The van der Waals surface area contributed by atoms with Crippen LogP contribution in [-0.2, 0) is 0 Å². The van der Waals surface area contributed by atoms with Gasteiger partial charge in [0.05, 0.1) is 6.04 Å². The summed E-state index contributed by atoms with van der Waals surface area (Å²) in [6.07, 6.45) is 6.81. The highest BCUT2D eigenvalue weighted by Crippen LogP contribution is 2.33. The fourth-order valence-electron chi connectivity index (χ4n) is 4.00. The lowest BCUT2D eigenvalue weighted by Gasteiger charge is -2.39. The second kappa shape index (κ2) is 6.28. The van der Waals surface area contributed by atoms with E-state index in [4.69, 9.17) is 0 Å². The molecule has 2 aliphatic heterocycles. The summed E-state index contributed by atoms with van der Waals surface area (Å²) >= 11 is 0. The Labute approximate surface area is 123 Å². The minimum absolute atomic E-state index is 0.582. The number of hydrogen-bond acceptors (Lipinski definition) is 2. The molecule has 0 radical (unpaired) electrons. The molecule has 2 nitrogen and oxygen atoms in total. The van der Waals surface area contributed by atoms with Gasteiger partial charge in [-0.15, -0.1) is 0 Å². The van der Waals surface area contributed by atoms with Gasteiger partial charge < -0.3 is 5.32 Å². The number of benzene rings is 1. The molecule has 1 aromatic rings. The summed E-state index contributed by atoms with van der Waals surface area (Å²) < 4.78 is 0. The van der Waals surface area contributed by atoms with Crippen molar-refractivity contribution in [1.82, 2.24) is 10.2 Å². The molecule has 2 atom stereocenters. The van der Waals surface area contributed by atoms with Crippen LogP contribution in [0.3, 0.4) is 0 Å². The minimum atomic E-state index is 0.582. The summed E-state index contributed by atoms with van der Waals surface area (Å²) in [5.74, 6) is 0. The summed E-state index contributed by atoms with van der Waals surface area (Å²) in [5, 5.41) is 3.75. The summed E-state index contributed by atoms with van der Waals surface area (Å²) in [5.41, 5.74) is 4.40. The third-order valence-electron chi connectivity index (χ3n) is 5.01. The molecular formula is C18H28N2. The van der Waals surface area contributed by atoms with E-state index in [-0.39, 0.29) is 0 Å². The second-order valence-electron chi connectivity index (χ2n) is 6.60.